The molecular weight excluding hydrogens is 464 g/mol. The number of nitrogens with zero attached hydrogens (tertiary/aromatic N) is 2. The Morgan fingerprint density at radius 1 is 0.944 bits per heavy atom. The van der Waals surface area contributed by atoms with Gasteiger partial charge in [0.1, 0.15) is 11.5 Å². The lowest BCUT2D eigenvalue weighted by molar-refractivity contribution is -0.140. The number of carbonyl (C=O) groups is 2. The van der Waals surface area contributed by atoms with E-state index in [4.69, 9.17) is 18.9 Å². The van der Waals surface area contributed by atoms with Crippen molar-refractivity contribution in [2.24, 2.45) is 0 Å². The number of aliphatic hydroxyl groups is 1. The van der Waals surface area contributed by atoms with E-state index in [0.29, 0.717) is 34.1 Å². The van der Waals surface area contributed by atoms with Gasteiger partial charge in [0.05, 0.1) is 40.1 Å². The molecule has 2 aromatic carbocycles. The Bertz CT molecular complexity index is 1280. The SMILES string of the molecule is COc1ccc(/C(O)=C2\C(=O)C(=O)N(Cc3cccnc3)[C@@H]2c2cc(OC)c(OC)c(OC)c2)cc1. The number of methoxy groups -OCH3 is 4. The van der Waals surface area contributed by atoms with Crippen LogP contribution in [0.15, 0.2) is 66.5 Å². The molecule has 1 N–H and O–H groups in total. The van der Waals surface area contributed by atoms with Gasteiger partial charge in [-0.25, -0.2) is 0 Å². The molecule has 2 heterocycles. The molecule has 0 radical (unpaired) electrons. The molecule has 0 aliphatic carbocycles. The second-order valence-corrected chi connectivity index (χ2v) is 7.98. The van der Waals surface area contributed by atoms with Crippen LogP contribution in [0.1, 0.15) is 22.7 Å². The number of aromatic nitrogens is 1. The molecule has 1 aliphatic heterocycles. The van der Waals surface area contributed by atoms with E-state index >= 15 is 0 Å². The van der Waals surface area contributed by atoms with Crippen molar-refractivity contribution >= 4 is 17.4 Å². The van der Waals surface area contributed by atoms with Gasteiger partial charge in [0.2, 0.25) is 5.75 Å². The zero-order valence-electron chi connectivity index (χ0n) is 20.3. The van der Waals surface area contributed by atoms with Crippen LogP contribution < -0.4 is 18.9 Å². The molecule has 1 aromatic heterocycles. The Hall–Kier alpha value is -4.53. The zero-order chi connectivity index (χ0) is 25.8. The van der Waals surface area contributed by atoms with Crippen LogP contribution in [0.5, 0.6) is 23.0 Å². The number of carbonyl (C=O) groups excluding carboxylic acids is 2. The van der Waals surface area contributed by atoms with Crippen LogP contribution in [0.25, 0.3) is 5.76 Å². The van der Waals surface area contributed by atoms with Gasteiger partial charge in [-0.2, -0.15) is 0 Å². The zero-order valence-corrected chi connectivity index (χ0v) is 20.3. The van der Waals surface area contributed by atoms with Gasteiger partial charge in [0.25, 0.3) is 11.7 Å². The summed E-state index contributed by atoms with van der Waals surface area (Å²) in [5.74, 6) is -0.193. The quantitative estimate of drug-likeness (QED) is 0.289. The van der Waals surface area contributed by atoms with Crippen LogP contribution in [0.2, 0.25) is 0 Å². The van der Waals surface area contributed by atoms with Crippen molar-refractivity contribution in [3.05, 3.63) is 83.2 Å². The Labute approximate surface area is 208 Å². The molecule has 0 saturated carbocycles. The summed E-state index contributed by atoms with van der Waals surface area (Å²) in [6, 6.07) is 12.5. The fourth-order valence-electron chi connectivity index (χ4n) is 4.24. The monoisotopic (exact) mass is 490 g/mol. The van der Waals surface area contributed by atoms with Crippen LogP contribution in [0.3, 0.4) is 0 Å². The highest BCUT2D eigenvalue weighted by Gasteiger charge is 2.46. The highest BCUT2D eigenvalue weighted by Crippen LogP contribution is 2.46. The van der Waals surface area contributed by atoms with Crippen molar-refractivity contribution in [3.63, 3.8) is 0 Å². The number of hydrogen-bond donors (Lipinski definition) is 1. The highest BCUT2D eigenvalue weighted by molar-refractivity contribution is 6.46. The molecule has 1 atom stereocenters. The molecule has 9 nitrogen and oxygen atoms in total. The smallest absolute Gasteiger partial charge is 0.295 e. The minimum atomic E-state index is -0.930. The number of ketones is 1. The molecular formula is C27H26N2O7. The maximum Gasteiger partial charge on any atom is 0.295 e. The van der Waals surface area contributed by atoms with Crippen molar-refractivity contribution < 1.29 is 33.6 Å². The van der Waals surface area contributed by atoms with Gasteiger partial charge in [-0.15, -0.1) is 0 Å². The average molecular weight is 491 g/mol. The van der Waals surface area contributed by atoms with Crippen LogP contribution >= 0.6 is 0 Å². The molecule has 1 aliphatic rings. The predicted molar refractivity (Wildman–Crippen MR) is 131 cm³/mol. The molecule has 0 unspecified atom stereocenters. The van der Waals surface area contributed by atoms with Gasteiger partial charge >= 0.3 is 0 Å². The molecule has 4 rings (SSSR count). The summed E-state index contributed by atoms with van der Waals surface area (Å²) in [5.41, 5.74) is 1.54. The second-order valence-electron chi connectivity index (χ2n) is 7.98. The molecule has 0 bridgehead atoms. The number of aliphatic hydroxyl groups excluding tert-OH is 1. The largest absolute Gasteiger partial charge is 0.507 e. The minimum Gasteiger partial charge on any atom is -0.507 e. The number of ether oxygens (including phenoxy) is 4. The maximum atomic E-state index is 13.3. The van der Waals surface area contributed by atoms with Gasteiger partial charge < -0.3 is 29.0 Å². The average Bonchev–Trinajstić information content (AvgIpc) is 3.17. The van der Waals surface area contributed by atoms with Crippen LogP contribution in [0.4, 0.5) is 0 Å². The third-order valence-corrected chi connectivity index (χ3v) is 5.98. The Morgan fingerprint density at radius 2 is 1.61 bits per heavy atom. The maximum absolute atomic E-state index is 13.3. The number of benzene rings is 2. The molecule has 3 aromatic rings. The Morgan fingerprint density at radius 3 is 2.14 bits per heavy atom. The van der Waals surface area contributed by atoms with Crippen molar-refractivity contribution in [1.29, 1.82) is 0 Å². The minimum absolute atomic E-state index is 0.0525. The number of Topliss-reactive ketones (excluding diaryl/α,β-unsaturated/α-hetero) is 1. The molecule has 9 heteroatoms. The number of pyridine rings is 1. The van der Waals surface area contributed by atoms with Gasteiger partial charge in [-0.05, 0) is 53.6 Å². The van der Waals surface area contributed by atoms with Gasteiger partial charge in [-0.1, -0.05) is 6.07 Å². The first-order valence-corrected chi connectivity index (χ1v) is 11.0. The lowest BCUT2D eigenvalue weighted by Crippen LogP contribution is -2.29. The van der Waals surface area contributed by atoms with E-state index in [1.54, 1.807) is 54.9 Å². The van der Waals surface area contributed by atoms with Crippen LogP contribution in [-0.4, -0.2) is 55.1 Å². The van der Waals surface area contributed by atoms with E-state index in [2.05, 4.69) is 4.98 Å². The van der Waals surface area contributed by atoms with Crippen LogP contribution in [-0.2, 0) is 16.1 Å². The van der Waals surface area contributed by atoms with E-state index in [-0.39, 0.29) is 17.9 Å². The molecule has 1 fully saturated rings. The van der Waals surface area contributed by atoms with E-state index in [1.807, 2.05) is 6.07 Å². The molecule has 1 saturated heterocycles. The first-order valence-electron chi connectivity index (χ1n) is 11.0. The predicted octanol–water partition coefficient (Wildman–Crippen LogP) is 3.74. The summed E-state index contributed by atoms with van der Waals surface area (Å²) in [6.07, 6.45) is 3.24. The second kappa shape index (κ2) is 10.4. The highest BCUT2D eigenvalue weighted by atomic mass is 16.5. The number of rotatable bonds is 8. The van der Waals surface area contributed by atoms with E-state index in [9.17, 15) is 14.7 Å². The van der Waals surface area contributed by atoms with Crippen LogP contribution in [0, 0.1) is 0 Å². The topological polar surface area (TPSA) is 107 Å². The van der Waals surface area contributed by atoms with Crippen molar-refractivity contribution in [2.45, 2.75) is 12.6 Å². The van der Waals surface area contributed by atoms with Crippen molar-refractivity contribution in [3.8, 4) is 23.0 Å². The summed E-state index contributed by atoms with van der Waals surface area (Å²) in [7, 11) is 5.97. The van der Waals surface area contributed by atoms with Gasteiger partial charge in [-0.3, -0.25) is 14.6 Å². The number of amides is 1. The Balaban J connectivity index is 1.93. The van der Waals surface area contributed by atoms with E-state index in [1.165, 1.54) is 33.3 Å². The summed E-state index contributed by atoms with van der Waals surface area (Å²) < 4.78 is 21.6. The Kier molecular flexibility index (Phi) is 7.10. The summed E-state index contributed by atoms with van der Waals surface area (Å²) in [4.78, 5) is 32.1. The van der Waals surface area contributed by atoms with Gasteiger partial charge in [0.15, 0.2) is 11.5 Å². The fourth-order valence-corrected chi connectivity index (χ4v) is 4.24. The summed E-state index contributed by atoms with van der Waals surface area (Å²) in [5, 5.41) is 11.3. The van der Waals surface area contributed by atoms with Crippen molar-refractivity contribution in [2.75, 3.05) is 28.4 Å². The fraction of sp³-hybridized carbons (Fsp3) is 0.222. The van der Waals surface area contributed by atoms with Crippen molar-refractivity contribution in [1.82, 2.24) is 9.88 Å². The number of likely N-dealkylation sites (tertiary alicyclic amines) is 1. The lowest BCUT2D eigenvalue weighted by atomic mass is 9.94. The normalized spacial score (nSPS) is 16.7. The van der Waals surface area contributed by atoms with Gasteiger partial charge in [0, 0.05) is 24.5 Å². The molecule has 0 spiro atoms. The molecule has 36 heavy (non-hydrogen) atoms. The number of hydrogen-bond acceptors (Lipinski definition) is 8. The molecule has 186 valence electrons. The standard InChI is InChI=1S/C27H26N2O7/c1-33-19-9-7-17(8-10-19)24(30)22-23(18-12-20(34-2)26(36-4)21(13-18)35-3)29(27(32)25(22)31)15-16-6-5-11-28-14-16/h5-14,23,30H,15H2,1-4H3/b24-22+/t23-/m1/s1. The first-order chi connectivity index (χ1) is 17.4. The first kappa shape index (κ1) is 24.6. The third kappa shape index (κ3) is 4.43. The van der Waals surface area contributed by atoms with E-state index < -0.39 is 17.7 Å². The summed E-state index contributed by atoms with van der Waals surface area (Å²) >= 11 is 0. The van der Waals surface area contributed by atoms with E-state index in [0.717, 1.165) is 5.56 Å². The summed E-state index contributed by atoms with van der Waals surface area (Å²) in [6.45, 7) is 0.0964. The lowest BCUT2D eigenvalue weighted by Gasteiger charge is -2.26. The third-order valence-electron chi connectivity index (χ3n) is 5.98. The molecule has 1 amide bonds.